The number of amides is 1. The van der Waals surface area contributed by atoms with Crippen LogP contribution in [0.25, 0.3) is 0 Å². The third-order valence-electron chi connectivity index (χ3n) is 3.80. The van der Waals surface area contributed by atoms with Crippen LogP contribution in [-0.2, 0) is 4.79 Å². The lowest BCUT2D eigenvalue weighted by atomic mass is 9.88. The van der Waals surface area contributed by atoms with Gasteiger partial charge in [0.25, 0.3) is 0 Å². The predicted molar refractivity (Wildman–Crippen MR) is 79.6 cm³/mol. The second kappa shape index (κ2) is 7.20. The molecule has 0 atom stereocenters. The average molecular weight is 274 g/mol. The van der Waals surface area contributed by atoms with Gasteiger partial charge in [-0.1, -0.05) is 31.4 Å². The van der Waals surface area contributed by atoms with Gasteiger partial charge in [0.1, 0.15) is 0 Å². The van der Waals surface area contributed by atoms with Crippen molar-refractivity contribution in [1.82, 2.24) is 0 Å². The van der Waals surface area contributed by atoms with E-state index in [2.05, 4.69) is 5.32 Å². The van der Waals surface area contributed by atoms with Crippen molar-refractivity contribution in [3.63, 3.8) is 0 Å². The molecule has 2 rings (SSSR count). The van der Waals surface area contributed by atoms with Crippen LogP contribution in [0.2, 0.25) is 0 Å². The highest BCUT2D eigenvalue weighted by atomic mass is 16.2. The van der Waals surface area contributed by atoms with E-state index in [-0.39, 0.29) is 17.6 Å². The lowest BCUT2D eigenvalue weighted by Gasteiger charge is -2.20. The van der Waals surface area contributed by atoms with Crippen LogP contribution in [0.4, 0.5) is 5.69 Å². The largest absolute Gasteiger partial charge is 0.330 e. The van der Waals surface area contributed by atoms with Crippen molar-refractivity contribution in [3.05, 3.63) is 29.8 Å². The van der Waals surface area contributed by atoms with Crippen molar-refractivity contribution < 1.29 is 9.59 Å². The summed E-state index contributed by atoms with van der Waals surface area (Å²) in [5, 5.41) is 2.93. The van der Waals surface area contributed by atoms with E-state index >= 15 is 0 Å². The van der Waals surface area contributed by atoms with Gasteiger partial charge >= 0.3 is 0 Å². The zero-order valence-electron chi connectivity index (χ0n) is 11.7. The molecule has 0 spiro atoms. The molecule has 0 bridgehead atoms. The summed E-state index contributed by atoms with van der Waals surface area (Å²) in [5.41, 5.74) is 6.70. The minimum atomic E-state index is 0.0151. The molecule has 0 radical (unpaired) electrons. The third kappa shape index (κ3) is 3.90. The van der Waals surface area contributed by atoms with Gasteiger partial charge in [-0.15, -0.1) is 0 Å². The number of carbonyl (C=O) groups excluding carboxylic acids is 2. The molecule has 4 nitrogen and oxygen atoms in total. The lowest BCUT2D eigenvalue weighted by Crippen LogP contribution is -2.24. The van der Waals surface area contributed by atoms with Crippen LogP contribution < -0.4 is 11.1 Å². The highest BCUT2D eigenvalue weighted by molar-refractivity contribution is 5.98. The van der Waals surface area contributed by atoms with Gasteiger partial charge in [0.2, 0.25) is 5.91 Å². The van der Waals surface area contributed by atoms with E-state index in [0.717, 1.165) is 25.7 Å². The number of hydrogen-bond acceptors (Lipinski definition) is 3. The van der Waals surface area contributed by atoms with E-state index in [1.54, 1.807) is 18.2 Å². The van der Waals surface area contributed by atoms with Crippen LogP contribution in [-0.4, -0.2) is 18.2 Å². The number of rotatable bonds is 5. The van der Waals surface area contributed by atoms with Gasteiger partial charge < -0.3 is 11.1 Å². The molecule has 4 heteroatoms. The molecular weight excluding hydrogens is 252 g/mol. The second-order valence-corrected chi connectivity index (χ2v) is 5.37. The Hall–Kier alpha value is -1.68. The van der Waals surface area contributed by atoms with Crippen molar-refractivity contribution in [1.29, 1.82) is 0 Å². The summed E-state index contributed by atoms with van der Waals surface area (Å²) < 4.78 is 0. The standard InChI is InChI=1S/C16H22N2O2/c17-10-9-15(19)13-7-4-8-14(11-13)18-16(20)12-5-2-1-3-6-12/h4,7-8,11-12H,1-3,5-6,9-10,17H2,(H,18,20). The van der Waals surface area contributed by atoms with Crippen LogP contribution >= 0.6 is 0 Å². The normalized spacial score (nSPS) is 15.8. The molecule has 1 saturated carbocycles. The van der Waals surface area contributed by atoms with Crippen LogP contribution in [0, 0.1) is 5.92 Å². The molecule has 1 amide bonds. The summed E-state index contributed by atoms with van der Waals surface area (Å²) in [5.74, 6) is 0.210. The Bertz CT molecular complexity index is 479. The van der Waals surface area contributed by atoms with E-state index in [4.69, 9.17) is 5.73 Å². The number of benzene rings is 1. The van der Waals surface area contributed by atoms with Crippen molar-refractivity contribution in [3.8, 4) is 0 Å². The van der Waals surface area contributed by atoms with Crippen molar-refractivity contribution in [2.24, 2.45) is 11.7 Å². The molecule has 1 aliphatic rings. The Kier molecular flexibility index (Phi) is 5.30. The van der Waals surface area contributed by atoms with Gasteiger partial charge in [0.05, 0.1) is 0 Å². The maximum absolute atomic E-state index is 12.2. The highest BCUT2D eigenvalue weighted by Crippen LogP contribution is 2.25. The molecule has 20 heavy (non-hydrogen) atoms. The highest BCUT2D eigenvalue weighted by Gasteiger charge is 2.21. The van der Waals surface area contributed by atoms with Crippen LogP contribution in [0.3, 0.4) is 0 Å². The molecule has 0 unspecified atom stereocenters. The van der Waals surface area contributed by atoms with Gasteiger partial charge in [-0.2, -0.15) is 0 Å². The summed E-state index contributed by atoms with van der Waals surface area (Å²) in [4.78, 5) is 23.9. The Morgan fingerprint density at radius 3 is 2.65 bits per heavy atom. The Morgan fingerprint density at radius 2 is 1.95 bits per heavy atom. The summed E-state index contributed by atoms with van der Waals surface area (Å²) in [7, 11) is 0. The summed E-state index contributed by atoms with van der Waals surface area (Å²) >= 11 is 0. The fourth-order valence-electron chi connectivity index (χ4n) is 2.65. The summed E-state index contributed by atoms with van der Waals surface area (Å²) in [6.45, 7) is 0.345. The van der Waals surface area contributed by atoms with E-state index in [1.807, 2.05) is 6.07 Å². The quantitative estimate of drug-likeness (QED) is 0.811. The Balaban J connectivity index is 2.00. The van der Waals surface area contributed by atoms with Gasteiger partial charge in [0, 0.05) is 23.6 Å². The SMILES string of the molecule is NCCC(=O)c1cccc(NC(=O)C2CCCCC2)c1. The molecular formula is C16H22N2O2. The number of nitrogens with one attached hydrogen (secondary N) is 1. The van der Waals surface area contributed by atoms with Gasteiger partial charge in [-0.25, -0.2) is 0 Å². The molecule has 1 fully saturated rings. The fourth-order valence-corrected chi connectivity index (χ4v) is 2.65. The second-order valence-electron chi connectivity index (χ2n) is 5.37. The number of Topliss-reactive ketones (excluding diaryl/α,β-unsaturated/α-hetero) is 1. The summed E-state index contributed by atoms with van der Waals surface area (Å²) in [6, 6.07) is 7.10. The Morgan fingerprint density at radius 1 is 1.20 bits per heavy atom. The van der Waals surface area contributed by atoms with Crippen LogP contribution in [0.15, 0.2) is 24.3 Å². The summed E-state index contributed by atoms with van der Waals surface area (Å²) in [6.07, 6.45) is 5.77. The maximum atomic E-state index is 12.2. The van der Waals surface area contributed by atoms with Crippen LogP contribution in [0.1, 0.15) is 48.9 Å². The monoisotopic (exact) mass is 274 g/mol. The molecule has 1 aliphatic carbocycles. The first-order valence-corrected chi connectivity index (χ1v) is 7.35. The first kappa shape index (κ1) is 14.7. The van der Waals surface area contributed by atoms with E-state index in [1.165, 1.54) is 6.42 Å². The van der Waals surface area contributed by atoms with Crippen molar-refractivity contribution in [2.75, 3.05) is 11.9 Å². The van der Waals surface area contributed by atoms with Gasteiger partial charge in [-0.05, 0) is 31.5 Å². The zero-order valence-corrected chi connectivity index (χ0v) is 11.7. The molecule has 3 N–H and O–H groups in total. The zero-order chi connectivity index (χ0) is 14.4. The molecule has 0 aromatic heterocycles. The Labute approximate surface area is 119 Å². The van der Waals surface area contributed by atoms with E-state index < -0.39 is 0 Å². The molecule has 0 aliphatic heterocycles. The number of nitrogens with two attached hydrogens (primary N) is 1. The van der Waals surface area contributed by atoms with Gasteiger partial charge in [0.15, 0.2) is 5.78 Å². The molecule has 0 saturated heterocycles. The van der Waals surface area contributed by atoms with E-state index in [0.29, 0.717) is 24.2 Å². The molecule has 1 aromatic rings. The van der Waals surface area contributed by atoms with Crippen molar-refractivity contribution >= 4 is 17.4 Å². The van der Waals surface area contributed by atoms with Gasteiger partial charge in [-0.3, -0.25) is 9.59 Å². The first-order chi connectivity index (χ1) is 9.70. The number of anilines is 1. The number of hydrogen-bond donors (Lipinski definition) is 2. The molecule has 108 valence electrons. The van der Waals surface area contributed by atoms with E-state index in [9.17, 15) is 9.59 Å². The first-order valence-electron chi connectivity index (χ1n) is 7.35. The average Bonchev–Trinajstić information content (AvgIpc) is 2.48. The number of ketones is 1. The van der Waals surface area contributed by atoms with Crippen LogP contribution in [0.5, 0.6) is 0 Å². The topological polar surface area (TPSA) is 72.2 Å². The third-order valence-corrected chi connectivity index (χ3v) is 3.80. The van der Waals surface area contributed by atoms with Crippen molar-refractivity contribution in [2.45, 2.75) is 38.5 Å². The lowest BCUT2D eigenvalue weighted by molar-refractivity contribution is -0.120. The fraction of sp³-hybridized carbons (Fsp3) is 0.500. The molecule has 1 aromatic carbocycles. The number of carbonyl (C=O) groups is 2. The minimum Gasteiger partial charge on any atom is -0.330 e. The molecule has 0 heterocycles. The maximum Gasteiger partial charge on any atom is 0.227 e. The minimum absolute atomic E-state index is 0.0151. The smallest absolute Gasteiger partial charge is 0.227 e. The predicted octanol–water partition coefficient (Wildman–Crippen LogP) is 2.74.